The van der Waals surface area contributed by atoms with Gasteiger partial charge in [-0.25, -0.2) is 9.37 Å². The van der Waals surface area contributed by atoms with Crippen LogP contribution in [0.5, 0.6) is 5.75 Å². The van der Waals surface area contributed by atoms with Crippen molar-refractivity contribution in [3.63, 3.8) is 0 Å². The van der Waals surface area contributed by atoms with Crippen LogP contribution in [0, 0.1) is 12.7 Å². The highest BCUT2D eigenvalue weighted by atomic mass is 32.1. The molecule has 0 saturated carbocycles. The molecule has 0 aliphatic carbocycles. The number of rotatable bonds is 5. The van der Waals surface area contributed by atoms with Crippen molar-refractivity contribution in [2.45, 2.75) is 20.0 Å². The largest absolute Gasteiger partial charge is 0.487 e. The minimum atomic E-state index is -0.330. The summed E-state index contributed by atoms with van der Waals surface area (Å²) in [4.78, 5) is 21.6. The van der Waals surface area contributed by atoms with Gasteiger partial charge in [0.05, 0.1) is 5.69 Å². The molecular formula is C17H14FN5O2S. The number of nitrogens with one attached hydrogen (secondary N) is 1. The van der Waals surface area contributed by atoms with Gasteiger partial charge in [-0.3, -0.25) is 9.20 Å². The zero-order valence-corrected chi connectivity index (χ0v) is 14.6. The SMILES string of the molecule is Cc1sc2nc(COc3ccc(F)cc3)cc(=O)n2c1Cc1nnc[nH]1. The molecule has 0 radical (unpaired) electrons. The van der Waals surface area contributed by atoms with Gasteiger partial charge in [0.15, 0.2) is 4.96 Å². The molecule has 3 aromatic heterocycles. The molecular weight excluding hydrogens is 357 g/mol. The second-order valence-electron chi connectivity index (χ2n) is 5.66. The summed E-state index contributed by atoms with van der Waals surface area (Å²) >= 11 is 1.44. The Balaban J connectivity index is 1.62. The number of ether oxygens (including phenoxy) is 1. The lowest BCUT2D eigenvalue weighted by molar-refractivity contribution is 0.301. The van der Waals surface area contributed by atoms with Gasteiger partial charge in [0.1, 0.15) is 30.3 Å². The fraction of sp³-hybridized carbons (Fsp3) is 0.176. The molecule has 1 N–H and O–H groups in total. The fourth-order valence-electron chi connectivity index (χ4n) is 2.62. The van der Waals surface area contributed by atoms with E-state index < -0.39 is 0 Å². The summed E-state index contributed by atoms with van der Waals surface area (Å²) in [6, 6.07) is 7.15. The Kier molecular flexibility index (Phi) is 4.21. The summed E-state index contributed by atoms with van der Waals surface area (Å²) in [5.41, 5.74) is 1.18. The number of hydrogen-bond donors (Lipinski definition) is 1. The summed E-state index contributed by atoms with van der Waals surface area (Å²) in [5.74, 6) is 0.869. The lowest BCUT2D eigenvalue weighted by Crippen LogP contribution is -2.17. The summed E-state index contributed by atoms with van der Waals surface area (Å²) in [5, 5.41) is 7.73. The molecule has 0 aliphatic heterocycles. The van der Waals surface area contributed by atoms with Crippen LogP contribution in [-0.2, 0) is 13.0 Å². The second kappa shape index (κ2) is 6.68. The standard InChI is InChI=1S/C17H14FN5O2S/c1-10-14(7-15-19-9-20-22-15)23-16(24)6-12(21-17(23)26-10)8-25-13-4-2-11(18)3-5-13/h2-6,9H,7-8H2,1H3,(H,19,20,22). The van der Waals surface area contributed by atoms with E-state index >= 15 is 0 Å². The molecule has 0 bridgehead atoms. The highest BCUT2D eigenvalue weighted by molar-refractivity contribution is 7.17. The van der Waals surface area contributed by atoms with Crippen molar-refractivity contribution in [3.05, 3.63) is 74.9 Å². The molecule has 1 aromatic carbocycles. The fourth-order valence-corrected chi connectivity index (χ4v) is 3.63. The van der Waals surface area contributed by atoms with Crippen molar-refractivity contribution < 1.29 is 9.13 Å². The molecule has 4 aromatic rings. The Morgan fingerprint density at radius 1 is 1.31 bits per heavy atom. The van der Waals surface area contributed by atoms with E-state index in [-0.39, 0.29) is 18.0 Å². The first kappa shape index (κ1) is 16.4. The monoisotopic (exact) mass is 371 g/mol. The third-order valence-corrected chi connectivity index (χ3v) is 4.86. The Morgan fingerprint density at radius 3 is 2.85 bits per heavy atom. The predicted octanol–water partition coefficient (Wildman–Crippen LogP) is 2.49. The zero-order chi connectivity index (χ0) is 18.1. The number of H-pyrrole nitrogens is 1. The van der Waals surface area contributed by atoms with E-state index in [0.717, 1.165) is 10.6 Å². The van der Waals surface area contributed by atoms with Gasteiger partial charge in [-0.15, -0.1) is 21.5 Å². The van der Waals surface area contributed by atoms with Gasteiger partial charge in [0, 0.05) is 23.1 Å². The van der Waals surface area contributed by atoms with Crippen molar-refractivity contribution >= 4 is 16.3 Å². The van der Waals surface area contributed by atoms with Crippen LogP contribution in [0.2, 0.25) is 0 Å². The number of benzene rings is 1. The molecule has 0 unspecified atom stereocenters. The first-order chi connectivity index (χ1) is 12.6. The van der Waals surface area contributed by atoms with E-state index in [9.17, 15) is 9.18 Å². The molecule has 9 heteroatoms. The first-order valence-electron chi connectivity index (χ1n) is 7.84. The van der Waals surface area contributed by atoms with E-state index in [1.54, 1.807) is 4.40 Å². The number of aromatic amines is 1. The summed E-state index contributed by atoms with van der Waals surface area (Å²) < 4.78 is 20.1. The quantitative estimate of drug-likeness (QED) is 0.583. The lowest BCUT2D eigenvalue weighted by atomic mass is 10.2. The van der Waals surface area contributed by atoms with Gasteiger partial charge in [0.25, 0.3) is 5.56 Å². The van der Waals surface area contributed by atoms with Crippen LogP contribution in [0.25, 0.3) is 4.96 Å². The Labute approximate surface area is 151 Å². The molecule has 0 atom stereocenters. The maximum absolute atomic E-state index is 12.9. The van der Waals surface area contributed by atoms with Crippen molar-refractivity contribution in [3.8, 4) is 5.75 Å². The van der Waals surface area contributed by atoms with Crippen LogP contribution in [0.1, 0.15) is 22.1 Å². The number of hydrogen-bond acceptors (Lipinski definition) is 6. The van der Waals surface area contributed by atoms with Gasteiger partial charge in [-0.2, -0.15) is 0 Å². The van der Waals surface area contributed by atoms with Crippen LogP contribution in [0.15, 0.2) is 41.5 Å². The number of halogens is 1. The molecule has 0 fully saturated rings. The van der Waals surface area contributed by atoms with Gasteiger partial charge >= 0.3 is 0 Å². The van der Waals surface area contributed by atoms with Gasteiger partial charge < -0.3 is 9.72 Å². The molecule has 0 saturated heterocycles. The first-order valence-corrected chi connectivity index (χ1v) is 8.66. The van der Waals surface area contributed by atoms with Crippen LogP contribution in [-0.4, -0.2) is 24.6 Å². The average Bonchev–Trinajstić information content (AvgIpc) is 3.23. The van der Waals surface area contributed by atoms with E-state index in [1.807, 2.05) is 6.92 Å². The Bertz CT molecular complexity index is 1100. The normalized spacial score (nSPS) is 11.2. The third kappa shape index (κ3) is 3.21. The minimum absolute atomic E-state index is 0.131. The van der Waals surface area contributed by atoms with Gasteiger partial charge in [-0.05, 0) is 31.2 Å². The van der Waals surface area contributed by atoms with Crippen LogP contribution < -0.4 is 10.3 Å². The lowest BCUT2D eigenvalue weighted by Gasteiger charge is -2.06. The second-order valence-corrected chi connectivity index (χ2v) is 6.85. The molecule has 7 nitrogen and oxygen atoms in total. The average molecular weight is 371 g/mol. The van der Waals surface area contributed by atoms with Crippen LogP contribution >= 0.6 is 11.3 Å². The Hall–Kier alpha value is -3.07. The van der Waals surface area contributed by atoms with Gasteiger partial charge in [0.2, 0.25) is 0 Å². The molecule has 0 aliphatic rings. The molecule has 26 heavy (non-hydrogen) atoms. The maximum Gasteiger partial charge on any atom is 0.259 e. The van der Waals surface area contributed by atoms with E-state index in [4.69, 9.17) is 4.74 Å². The maximum atomic E-state index is 12.9. The van der Waals surface area contributed by atoms with E-state index in [0.29, 0.717) is 28.6 Å². The summed E-state index contributed by atoms with van der Waals surface area (Å²) in [7, 11) is 0. The molecule has 0 spiro atoms. The van der Waals surface area contributed by atoms with E-state index in [2.05, 4.69) is 20.2 Å². The number of nitrogens with zero attached hydrogens (tertiary/aromatic N) is 4. The molecule has 4 rings (SSSR count). The third-order valence-electron chi connectivity index (χ3n) is 3.86. The smallest absolute Gasteiger partial charge is 0.259 e. The molecule has 132 valence electrons. The topological polar surface area (TPSA) is 85.2 Å². The van der Waals surface area contributed by atoms with Crippen molar-refractivity contribution in [2.24, 2.45) is 0 Å². The van der Waals surface area contributed by atoms with Crippen molar-refractivity contribution in [2.75, 3.05) is 0 Å². The minimum Gasteiger partial charge on any atom is -0.487 e. The van der Waals surface area contributed by atoms with Crippen molar-refractivity contribution in [1.82, 2.24) is 24.6 Å². The number of aryl methyl sites for hydroxylation is 1. The summed E-state index contributed by atoms with van der Waals surface area (Å²) in [6.45, 7) is 2.07. The molecule has 3 heterocycles. The van der Waals surface area contributed by atoms with Gasteiger partial charge in [-0.1, -0.05) is 0 Å². The number of aromatic nitrogens is 5. The van der Waals surface area contributed by atoms with Crippen LogP contribution in [0.4, 0.5) is 4.39 Å². The van der Waals surface area contributed by atoms with Crippen molar-refractivity contribution in [1.29, 1.82) is 0 Å². The zero-order valence-electron chi connectivity index (χ0n) is 13.8. The highest BCUT2D eigenvalue weighted by Crippen LogP contribution is 2.22. The van der Waals surface area contributed by atoms with Crippen LogP contribution in [0.3, 0.4) is 0 Å². The Morgan fingerprint density at radius 2 is 2.12 bits per heavy atom. The highest BCUT2D eigenvalue weighted by Gasteiger charge is 2.15. The predicted molar refractivity (Wildman–Crippen MR) is 94.0 cm³/mol. The number of fused-ring (bicyclic) bond motifs is 1. The molecule has 0 amide bonds. The van der Waals surface area contributed by atoms with E-state index in [1.165, 1.54) is 48.0 Å². The number of thiazole rings is 1. The summed E-state index contributed by atoms with van der Waals surface area (Å²) in [6.07, 6.45) is 1.98.